The van der Waals surface area contributed by atoms with Gasteiger partial charge in [-0.3, -0.25) is 4.90 Å². The zero-order chi connectivity index (χ0) is 13.8. The van der Waals surface area contributed by atoms with Crippen molar-refractivity contribution < 1.29 is 0 Å². The van der Waals surface area contributed by atoms with Crippen LogP contribution in [0.2, 0.25) is 0 Å². The molecule has 4 heteroatoms. The van der Waals surface area contributed by atoms with Gasteiger partial charge in [0.2, 0.25) is 0 Å². The molecule has 1 aromatic carbocycles. The molecular formula is C15H24BrN3. The lowest BCUT2D eigenvalue weighted by Crippen LogP contribution is -2.46. The van der Waals surface area contributed by atoms with Gasteiger partial charge in [-0.1, -0.05) is 29.8 Å². The van der Waals surface area contributed by atoms with Crippen LogP contribution in [0.4, 0.5) is 5.69 Å². The van der Waals surface area contributed by atoms with E-state index in [9.17, 15) is 0 Å². The van der Waals surface area contributed by atoms with E-state index < -0.39 is 0 Å². The maximum Gasteiger partial charge on any atom is 0.0328 e. The van der Waals surface area contributed by atoms with E-state index in [2.05, 4.69) is 51.7 Å². The molecule has 1 aliphatic heterocycles. The van der Waals surface area contributed by atoms with Crippen LogP contribution in [0.15, 0.2) is 22.7 Å². The van der Waals surface area contributed by atoms with Crippen LogP contribution in [0.25, 0.3) is 0 Å². The van der Waals surface area contributed by atoms with Crippen LogP contribution < -0.4 is 5.73 Å². The van der Waals surface area contributed by atoms with Gasteiger partial charge in [0.25, 0.3) is 0 Å². The summed E-state index contributed by atoms with van der Waals surface area (Å²) in [5.41, 5.74) is 8.02. The molecule has 2 rings (SSSR count). The van der Waals surface area contributed by atoms with Crippen molar-refractivity contribution in [3.05, 3.63) is 28.2 Å². The van der Waals surface area contributed by atoms with E-state index in [0.29, 0.717) is 0 Å². The zero-order valence-corrected chi connectivity index (χ0v) is 13.5. The predicted molar refractivity (Wildman–Crippen MR) is 85.1 cm³/mol. The summed E-state index contributed by atoms with van der Waals surface area (Å²) in [5, 5.41) is 0. The second kappa shape index (κ2) is 6.73. The number of nitrogens with zero attached hydrogens (tertiary/aromatic N) is 2. The fourth-order valence-corrected chi connectivity index (χ4v) is 3.23. The van der Waals surface area contributed by atoms with Gasteiger partial charge in [-0.2, -0.15) is 0 Å². The molecule has 0 aliphatic carbocycles. The van der Waals surface area contributed by atoms with Gasteiger partial charge >= 0.3 is 0 Å². The number of nitrogen functional groups attached to an aromatic ring is 1. The Morgan fingerprint density at radius 3 is 2.32 bits per heavy atom. The van der Waals surface area contributed by atoms with Crippen LogP contribution in [0.1, 0.15) is 19.4 Å². The van der Waals surface area contributed by atoms with E-state index in [-0.39, 0.29) is 0 Å². The van der Waals surface area contributed by atoms with Crippen molar-refractivity contribution in [1.29, 1.82) is 0 Å². The maximum absolute atomic E-state index is 5.88. The van der Waals surface area contributed by atoms with Gasteiger partial charge in [-0.25, -0.2) is 0 Å². The second-order valence-electron chi connectivity index (χ2n) is 5.86. The SMILES string of the molecule is CC(C)CN1CCN(Cc2cc(N)cc(Br)c2)CC1. The quantitative estimate of drug-likeness (QED) is 0.864. The first-order valence-electron chi connectivity index (χ1n) is 7.02. The third kappa shape index (κ3) is 4.79. The van der Waals surface area contributed by atoms with Gasteiger partial charge in [-0.05, 0) is 29.7 Å². The topological polar surface area (TPSA) is 32.5 Å². The molecule has 0 aromatic heterocycles. The van der Waals surface area contributed by atoms with Crippen molar-refractivity contribution in [1.82, 2.24) is 9.80 Å². The summed E-state index contributed by atoms with van der Waals surface area (Å²) < 4.78 is 1.07. The molecule has 1 saturated heterocycles. The molecule has 1 fully saturated rings. The number of rotatable bonds is 4. The maximum atomic E-state index is 5.88. The van der Waals surface area contributed by atoms with Crippen LogP contribution in [-0.2, 0) is 6.54 Å². The first-order chi connectivity index (χ1) is 9.02. The summed E-state index contributed by atoms with van der Waals surface area (Å²) >= 11 is 3.51. The highest BCUT2D eigenvalue weighted by Crippen LogP contribution is 2.19. The molecule has 0 radical (unpaired) electrons. The van der Waals surface area contributed by atoms with Crippen LogP contribution in [0.3, 0.4) is 0 Å². The monoisotopic (exact) mass is 325 g/mol. The number of nitrogens with two attached hydrogens (primary N) is 1. The van der Waals surface area contributed by atoms with Crippen molar-refractivity contribution in [2.45, 2.75) is 20.4 Å². The lowest BCUT2D eigenvalue weighted by molar-refractivity contribution is 0.117. The number of halogens is 1. The van der Waals surface area contributed by atoms with Crippen molar-refractivity contribution in [2.75, 3.05) is 38.5 Å². The lowest BCUT2D eigenvalue weighted by Gasteiger charge is -2.35. The average Bonchev–Trinajstić information content (AvgIpc) is 2.29. The first-order valence-corrected chi connectivity index (χ1v) is 7.82. The molecule has 0 bridgehead atoms. The van der Waals surface area contributed by atoms with E-state index in [1.54, 1.807) is 0 Å². The fourth-order valence-electron chi connectivity index (χ4n) is 2.67. The van der Waals surface area contributed by atoms with E-state index in [4.69, 9.17) is 5.73 Å². The summed E-state index contributed by atoms with van der Waals surface area (Å²) in [4.78, 5) is 5.08. The minimum Gasteiger partial charge on any atom is -0.399 e. The van der Waals surface area contributed by atoms with Gasteiger partial charge in [0.1, 0.15) is 0 Å². The van der Waals surface area contributed by atoms with Crippen LogP contribution in [-0.4, -0.2) is 42.5 Å². The van der Waals surface area contributed by atoms with Crippen molar-refractivity contribution in [2.24, 2.45) is 5.92 Å². The standard InChI is InChI=1S/C15H24BrN3/c1-12(2)10-18-3-5-19(6-4-18)11-13-7-14(16)9-15(17)8-13/h7-9,12H,3-6,10-11,17H2,1-2H3. The third-order valence-electron chi connectivity index (χ3n) is 3.47. The summed E-state index contributed by atoms with van der Waals surface area (Å²) in [6.45, 7) is 11.5. The highest BCUT2D eigenvalue weighted by atomic mass is 79.9. The van der Waals surface area contributed by atoms with Gasteiger partial charge in [-0.15, -0.1) is 0 Å². The van der Waals surface area contributed by atoms with E-state index in [0.717, 1.165) is 35.7 Å². The van der Waals surface area contributed by atoms with Crippen molar-refractivity contribution >= 4 is 21.6 Å². The van der Waals surface area contributed by atoms with Gasteiger partial charge in [0.15, 0.2) is 0 Å². The number of benzene rings is 1. The molecule has 3 nitrogen and oxygen atoms in total. The molecule has 0 amide bonds. The van der Waals surface area contributed by atoms with E-state index >= 15 is 0 Å². The highest BCUT2D eigenvalue weighted by Gasteiger charge is 2.17. The Hall–Kier alpha value is -0.580. The van der Waals surface area contributed by atoms with E-state index in [1.807, 2.05) is 6.07 Å². The smallest absolute Gasteiger partial charge is 0.0328 e. The summed E-state index contributed by atoms with van der Waals surface area (Å²) in [5.74, 6) is 0.761. The normalized spacial score (nSPS) is 18.1. The molecule has 2 N–H and O–H groups in total. The highest BCUT2D eigenvalue weighted by molar-refractivity contribution is 9.10. The minimum atomic E-state index is 0.761. The summed E-state index contributed by atoms with van der Waals surface area (Å²) in [7, 11) is 0. The molecule has 1 aromatic rings. The number of hydrogen-bond acceptors (Lipinski definition) is 3. The third-order valence-corrected chi connectivity index (χ3v) is 3.93. The molecule has 0 atom stereocenters. The minimum absolute atomic E-state index is 0.761. The molecule has 1 heterocycles. The summed E-state index contributed by atoms with van der Waals surface area (Å²) in [6, 6.07) is 6.19. The second-order valence-corrected chi connectivity index (χ2v) is 6.78. The first kappa shape index (κ1) is 14.8. The number of piperazine rings is 1. The zero-order valence-electron chi connectivity index (χ0n) is 11.9. The molecular weight excluding hydrogens is 302 g/mol. The molecule has 0 unspecified atom stereocenters. The van der Waals surface area contributed by atoms with Gasteiger partial charge in [0, 0.05) is 49.4 Å². The Balaban J connectivity index is 1.85. The average molecular weight is 326 g/mol. The fraction of sp³-hybridized carbons (Fsp3) is 0.600. The van der Waals surface area contributed by atoms with Crippen LogP contribution >= 0.6 is 15.9 Å². The Labute approximate surface area is 124 Å². The van der Waals surface area contributed by atoms with Crippen LogP contribution in [0, 0.1) is 5.92 Å². The molecule has 106 valence electrons. The number of hydrogen-bond donors (Lipinski definition) is 1. The Morgan fingerprint density at radius 2 is 1.74 bits per heavy atom. The molecule has 19 heavy (non-hydrogen) atoms. The molecule has 1 aliphatic rings. The van der Waals surface area contributed by atoms with Crippen molar-refractivity contribution in [3.8, 4) is 0 Å². The molecule has 0 saturated carbocycles. The predicted octanol–water partition coefficient (Wildman–Crippen LogP) is 2.80. The van der Waals surface area contributed by atoms with Gasteiger partial charge in [0.05, 0.1) is 0 Å². The molecule has 0 spiro atoms. The Morgan fingerprint density at radius 1 is 1.11 bits per heavy atom. The lowest BCUT2D eigenvalue weighted by atomic mass is 10.1. The number of anilines is 1. The Kier molecular flexibility index (Phi) is 5.25. The Bertz CT molecular complexity index is 392. The van der Waals surface area contributed by atoms with Crippen molar-refractivity contribution in [3.63, 3.8) is 0 Å². The van der Waals surface area contributed by atoms with Gasteiger partial charge < -0.3 is 10.6 Å². The largest absolute Gasteiger partial charge is 0.399 e. The van der Waals surface area contributed by atoms with Crippen LogP contribution in [0.5, 0.6) is 0 Å². The van der Waals surface area contributed by atoms with E-state index in [1.165, 1.54) is 25.2 Å². The summed E-state index contributed by atoms with van der Waals surface area (Å²) in [6.07, 6.45) is 0.